The summed E-state index contributed by atoms with van der Waals surface area (Å²) in [5.74, 6) is 1.04. The first-order chi connectivity index (χ1) is 15.4. The molecule has 0 aliphatic rings. The lowest BCUT2D eigenvalue weighted by atomic mass is 10.1. The van der Waals surface area contributed by atoms with Crippen molar-refractivity contribution in [3.8, 4) is 11.5 Å². The maximum atomic E-state index is 13.4. The molecule has 170 valence electrons. The molecule has 0 atom stereocenters. The Kier molecular flexibility index (Phi) is 8.64. The molecule has 2 aromatic carbocycles. The van der Waals surface area contributed by atoms with E-state index in [0.29, 0.717) is 18.0 Å². The monoisotopic (exact) mass is 456 g/mol. The van der Waals surface area contributed by atoms with Gasteiger partial charge in [0.2, 0.25) is 5.91 Å². The Bertz CT molecular complexity index is 1010. The minimum atomic E-state index is -0.284. The van der Waals surface area contributed by atoms with Gasteiger partial charge >= 0.3 is 0 Å². The lowest BCUT2D eigenvalue weighted by molar-refractivity contribution is -0.130. The van der Waals surface area contributed by atoms with Gasteiger partial charge in [0.1, 0.15) is 12.4 Å². The molecule has 32 heavy (non-hydrogen) atoms. The van der Waals surface area contributed by atoms with E-state index in [0.717, 1.165) is 30.6 Å². The molecule has 0 bridgehead atoms. The molecule has 0 saturated heterocycles. The van der Waals surface area contributed by atoms with Crippen LogP contribution in [0.15, 0.2) is 60.0 Å². The van der Waals surface area contributed by atoms with Gasteiger partial charge in [0.05, 0.1) is 13.7 Å². The maximum absolute atomic E-state index is 13.4. The summed E-state index contributed by atoms with van der Waals surface area (Å²) in [6.07, 6.45) is 0.770. The summed E-state index contributed by atoms with van der Waals surface area (Å²) in [5, 5.41) is 2.05. The van der Waals surface area contributed by atoms with Gasteiger partial charge in [0.15, 0.2) is 11.5 Å². The number of thiophene rings is 1. The molecule has 0 aliphatic carbocycles. The van der Waals surface area contributed by atoms with Crippen molar-refractivity contribution in [2.45, 2.75) is 19.6 Å². The van der Waals surface area contributed by atoms with Crippen LogP contribution in [0, 0.1) is 5.82 Å². The lowest BCUT2D eigenvalue weighted by Gasteiger charge is -2.23. The predicted molar refractivity (Wildman–Crippen MR) is 126 cm³/mol. The van der Waals surface area contributed by atoms with Crippen molar-refractivity contribution in [3.05, 3.63) is 81.8 Å². The summed E-state index contributed by atoms with van der Waals surface area (Å²) >= 11 is 1.69. The van der Waals surface area contributed by atoms with Gasteiger partial charge in [0.25, 0.3) is 0 Å². The number of rotatable bonds is 11. The molecule has 0 unspecified atom stereocenters. The van der Waals surface area contributed by atoms with Crippen molar-refractivity contribution in [2.75, 3.05) is 34.3 Å². The molecule has 7 heteroatoms. The van der Waals surface area contributed by atoms with Crippen LogP contribution in [-0.2, 0) is 24.4 Å². The zero-order valence-electron chi connectivity index (χ0n) is 18.7. The van der Waals surface area contributed by atoms with Gasteiger partial charge in [-0.1, -0.05) is 24.3 Å². The molecule has 5 nitrogen and oxygen atoms in total. The summed E-state index contributed by atoms with van der Waals surface area (Å²) in [4.78, 5) is 17.3. The van der Waals surface area contributed by atoms with Gasteiger partial charge in [0, 0.05) is 32.1 Å². The molecular formula is C25H29FN2O3S. The number of hydrogen-bond acceptors (Lipinski definition) is 5. The van der Waals surface area contributed by atoms with Crippen LogP contribution in [0.5, 0.6) is 11.5 Å². The number of amides is 1. The topological polar surface area (TPSA) is 42.0 Å². The summed E-state index contributed by atoms with van der Waals surface area (Å²) < 4.78 is 24.7. The standard InChI is InChI=1S/C25H29FN2O3S/c1-27(2)25(29)17-28(16-22-8-5-13-32-22)12-11-19-9-10-23(24(15-19)30-3)31-18-20-6-4-7-21(26)14-20/h4-10,13-15H,11-12,16-18H2,1-3H3. The van der Waals surface area contributed by atoms with Gasteiger partial charge in [-0.05, 0) is 53.3 Å². The fraction of sp³-hybridized carbons (Fsp3) is 0.320. The number of halogens is 1. The van der Waals surface area contributed by atoms with Crippen LogP contribution < -0.4 is 9.47 Å². The smallest absolute Gasteiger partial charge is 0.236 e. The molecule has 1 amide bonds. The van der Waals surface area contributed by atoms with Crippen molar-refractivity contribution >= 4 is 17.2 Å². The summed E-state index contributed by atoms with van der Waals surface area (Å²) in [6.45, 7) is 2.11. The normalized spacial score (nSPS) is 10.9. The first-order valence-corrected chi connectivity index (χ1v) is 11.3. The van der Waals surface area contributed by atoms with Gasteiger partial charge in [-0.25, -0.2) is 4.39 Å². The van der Waals surface area contributed by atoms with E-state index in [1.165, 1.54) is 17.0 Å². The van der Waals surface area contributed by atoms with E-state index in [4.69, 9.17) is 9.47 Å². The highest BCUT2D eigenvalue weighted by molar-refractivity contribution is 7.09. The number of benzene rings is 2. The van der Waals surface area contributed by atoms with Gasteiger partial charge in [-0.2, -0.15) is 0 Å². The Morgan fingerprint density at radius 2 is 1.88 bits per heavy atom. The minimum Gasteiger partial charge on any atom is -0.493 e. The molecule has 1 aromatic heterocycles. The Balaban J connectivity index is 1.63. The lowest BCUT2D eigenvalue weighted by Crippen LogP contribution is -2.37. The zero-order chi connectivity index (χ0) is 22.9. The highest BCUT2D eigenvalue weighted by Gasteiger charge is 2.14. The van der Waals surface area contributed by atoms with E-state index in [9.17, 15) is 9.18 Å². The molecule has 0 N–H and O–H groups in total. The maximum Gasteiger partial charge on any atom is 0.236 e. The number of nitrogens with zero attached hydrogens (tertiary/aromatic N) is 2. The number of carbonyl (C=O) groups excluding carboxylic acids is 1. The van der Waals surface area contributed by atoms with E-state index in [1.54, 1.807) is 43.5 Å². The zero-order valence-corrected chi connectivity index (χ0v) is 19.5. The first-order valence-electron chi connectivity index (χ1n) is 10.4. The van der Waals surface area contributed by atoms with Crippen molar-refractivity contribution in [2.24, 2.45) is 0 Å². The largest absolute Gasteiger partial charge is 0.493 e. The van der Waals surface area contributed by atoms with Crippen LogP contribution in [-0.4, -0.2) is 50.0 Å². The number of methoxy groups -OCH3 is 1. The Morgan fingerprint density at radius 1 is 1.03 bits per heavy atom. The predicted octanol–water partition coefficient (Wildman–Crippen LogP) is 4.61. The second-order valence-electron chi connectivity index (χ2n) is 7.73. The van der Waals surface area contributed by atoms with Crippen LogP contribution in [0.25, 0.3) is 0 Å². The highest BCUT2D eigenvalue weighted by atomic mass is 32.1. The molecule has 0 fully saturated rings. The molecule has 0 spiro atoms. The van der Waals surface area contributed by atoms with Crippen molar-refractivity contribution in [1.29, 1.82) is 0 Å². The van der Waals surface area contributed by atoms with Crippen LogP contribution in [0.4, 0.5) is 4.39 Å². The average Bonchev–Trinajstić information content (AvgIpc) is 3.29. The van der Waals surface area contributed by atoms with E-state index >= 15 is 0 Å². The number of ether oxygens (including phenoxy) is 2. The summed E-state index contributed by atoms with van der Waals surface area (Å²) in [6, 6.07) is 16.3. The number of carbonyl (C=O) groups is 1. The molecule has 3 rings (SSSR count). The molecule has 0 radical (unpaired) electrons. The third kappa shape index (κ3) is 7.07. The van der Waals surface area contributed by atoms with E-state index in [-0.39, 0.29) is 18.3 Å². The fourth-order valence-electron chi connectivity index (χ4n) is 3.23. The van der Waals surface area contributed by atoms with Crippen LogP contribution in [0.1, 0.15) is 16.0 Å². The molecular weight excluding hydrogens is 427 g/mol. The minimum absolute atomic E-state index is 0.0835. The summed E-state index contributed by atoms with van der Waals surface area (Å²) in [7, 11) is 5.16. The number of likely N-dealkylation sites (N-methyl/N-ethyl adjacent to an activating group) is 1. The molecule has 0 aliphatic heterocycles. The highest BCUT2D eigenvalue weighted by Crippen LogP contribution is 2.29. The Labute approximate surface area is 193 Å². The SMILES string of the molecule is COc1cc(CCN(CC(=O)N(C)C)Cc2cccs2)ccc1OCc1cccc(F)c1. The third-order valence-electron chi connectivity index (χ3n) is 5.05. The van der Waals surface area contributed by atoms with Gasteiger partial charge in [-0.15, -0.1) is 11.3 Å². The van der Waals surface area contributed by atoms with Crippen molar-refractivity contribution < 1.29 is 18.7 Å². The molecule has 3 aromatic rings. The van der Waals surface area contributed by atoms with E-state index in [2.05, 4.69) is 16.3 Å². The van der Waals surface area contributed by atoms with Crippen molar-refractivity contribution in [1.82, 2.24) is 9.80 Å². The fourth-order valence-corrected chi connectivity index (χ4v) is 3.98. The van der Waals surface area contributed by atoms with Crippen LogP contribution in [0.2, 0.25) is 0 Å². The summed E-state index contributed by atoms with van der Waals surface area (Å²) in [5.41, 5.74) is 1.85. The van der Waals surface area contributed by atoms with Gasteiger partial charge < -0.3 is 14.4 Å². The van der Waals surface area contributed by atoms with Crippen molar-refractivity contribution in [3.63, 3.8) is 0 Å². The quantitative estimate of drug-likeness (QED) is 0.423. The van der Waals surface area contributed by atoms with E-state index < -0.39 is 0 Å². The van der Waals surface area contributed by atoms with Gasteiger partial charge in [-0.3, -0.25) is 9.69 Å². The molecule has 0 saturated carbocycles. The Morgan fingerprint density at radius 3 is 2.56 bits per heavy atom. The second kappa shape index (κ2) is 11.6. The second-order valence-corrected chi connectivity index (χ2v) is 8.76. The average molecular weight is 457 g/mol. The Hall–Kier alpha value is -2.90. The number of hydrogen-bond donors (Lipinski definition) is 0. The van der Waals surface area contributed by atoms with Crippen LogP contribution in [0.3, 0.4) is 0 Å². The third-order valence-corrected chi connectivity index (χ3v) is 5.91. The molecule has 1 heterocycles. The first kappa shape index (κ1) is 23.8. The van der Waals surface area contributed by atoms with Crippen LogP contribution >= 0.6 is 11.3 Å². The van der Waals surface area contributed by atoms with E-state index in [1.807, 2.05) is 30.3 Å².